The maximum atomic E-state index is 12.4. The minimum absolute atomic E-state index is 0.0672. The molecule has 2 amide bonds. The van der Waals surface area contributed by atoms with Crippen molar-refractivity contribution in [3.8, 4) is 0 Å². The van der Waals surface area contributed by atoms with E-state index in [0.29, 0.717) is 0 Å². The van der Waals surface area contributed by atoms with Crippen LogP contribution < -0.4 is 10.6 Å². The maximum Gasteiger partial charge on any atom is 0.319 e. The van der Waals surface area contributed by atoms with Crippen molar-refractivity contribution in [2.75, 3.05) is 38.2 Å². The number of nitrogens with one attached hydrogen (secondary N) is 2. The summed E-state index contributed by atoms with van der Waals surface area (Å²) in [6.45, 7) is 6.12. The molecule has 3 rings (SSSR count). The minimum Gasteiger partial charge on any atom is -0.379 e. The molecule has 5 nitrogen and oxygen atoms in total. The standard InChI is InChI=1S/C20H25N3O2/c1-16-7-9-17(10-8-16)19(15-23-11-13-25-14-12-23)22-20(24)21-18-5-3-2-4-6-18/h2-10,19H,11-15H2,1H3,(H2,21,22,24)/t19-/m1/s1. The van der Waals surface area contributed by atoms with Crippen molar-refractivity contribution in [3.63, 3.8) is 0 Å². The van der Waals surface area contributed by atoms with Gasteiger partial charge < -0.3 is 15.4 Å². The fraction of sp³-hybridized carbons (Fsp3) is 0.350. The number of amides is 2. The highest BCUT2D eigenvalue weighted by Crippen LogP contribution is 2.17. The van der Waals surface area contributed by atoms with Gasteiger partial charge in [0, 0.05) is 25.3 Å². The fourth-order valence-electron chi connectivity index (χ4n) is 2.92. The summed E-state index contributed by atoms with van der Waals surface area (Å²) in [6, 6.07) is 17.6. The van der Waals surface area contributed by atoms with E-state index in [2.05, 4.69) is 46.7 Å². The molecule has 0 radical (unpaired) electrons. The molecule has 0 unspecified atom stereocenters. The van der Waals surface area contributed by atoms with Crippen molar-refractivity contribution in [1.29, 1.82) is 0 Å². The summed E-state index contributed by atoms with van der Waals surface area (Å²) in [5, 5.41) is 6.01. The normalized spacial score (nSPS) is 16.2. The zero-order valence-electron chi connectivity index (χ0n) is 14.6. The number of carbonyl (C=O) groups excluding carboxylic acids is 1. The highest BCUT2D eigenvalue weighted by molar-refractivity contribution is 5.89. The summed E-state index contributed by atoms with van der Waals surface area (Å²) in [6.07, 6.45) is 0. The Bertz CT molecular complexity index is 667. The first-order valence-corrected chi connectivity index (χ1v) is 8.70. The van der Waals surface area contributed by atoms with Crippen LogP contribution in [0.5, 0.6) is 0 Å². The molecule has 1 aliphatic heterocycles. The van der Waals surface area contributed by atoms with Gasteiger partial charge in [0.25, 0.3) is 0 Å². The molecule has 1 saturated heterocycles. The third-order valence-corrected chi connectivity index (χ3v) is 4.36. The zero-order chi connectivity index (χ0) is 17.5. The van der Waals surface area contributed by atoms with E-state index in [1.165, 1.54) is 5.56 Å². The monoisotopic (exact) mass is 339 g/mol. The Kier molecular flexibility index (Phi) is 6.04. The number of aryl methyl sites for hydroxylation is 1. The molecule has 132 valence electrons. The molecule has 0 spiro atoms. The molecule has 2 aromatic rings. The first-order chi connectivity index (χ1) is 12.2. The van der Waals surface area contributed by atoms with Gasteiger partial charge in [0.1, 0.15) is 0 Å². The lowest BCUT2D eigenvalue weighted by molar-refractivity contribution is 0.0340. The maximum absolute atomic E-state index is 12.4. The van der Waals surface area contributed by atoms with Crippen LogP contribution in [-0.4, -0.2) is 43.8 Å². The number of hydrogen-bond acceptors (Lipinski definition) is 3. The molecule has 0 aliphatic carbocycles. The lowest BCUT2D eigenvalue weighted by Crippen LogP contribution is -2.44. The molecule has 0 bridgehead atoms. The SMILES string of the molecule is Cc1ccc([C@@H](CN2CCOCC2)NC(=O)Nc2ccccc2)cc1. The largest absolute Gasteiger partial charge is 0.379 e. The second-order valence-corrected chi connectivity index (χ2v) is 6.34. The fourth-order valence-corrected chi connectivity index (χ4v) is 2.92. The Morgan fingerprint density at radius 3 is 2.44 bits per heavy atom. The van der Waals surface area contributed by atoms with Gasteiger partial charge in [0.05, 0.1) is 19.3 Å². The highest BCUT2D eigenvalue weighted by Gasteiger charge is 2.20. The number of hydrogen-bond donors (Lipinski definition) is 2. The Labute approximate surface area is 149 Å². The predicted octanol–water partition coefficient (Wildman–Crippen LogP) is 3.19. The molecule has 5 heteroatoms. The van der Waals surface area contributed by atoms with E-state index in [-0.39, 0.29) is 12.1 Å². The Morgan fingerprint density at radius 2 is 1.76 bits per heavy atom. The van der Waals surface area contributed by atoms with Gasteiger partial charge in [-0.25, -0.2) is 4.79 Å². The first kappa shape index (κ1) is 17.5. The number of morpholine rings is 1. The summed E-state index contributed by atoms with van der Waals surface area (Å²) < 4.78 is 5.42. The molecule has 0 saturated carbocycles. The summed E-state index contributed by atoms with van der Waals surface area (Å²) in [7, 11) is 0. The predicted molar refractivity (Wildman–Crippen MR) is 99.8 cm³/mol. The van der Waals surface area contributed by atoms with Crippen molar-refractivity contribution in [2.45, 2.75) is 13.0 Å². The molecule has 1 fully saturated rings. The quantitative estimate of drug-likeness (QED) is 0.880. The van der Waals surface area contributed by atoms with Crippen LogP contribution in [0.2, 0.25) is 0 Å². The van der Waals surface area contributed by atoms with Gasteiger partial charge in [0.15, 0.2) is 0 Å². The average molecular weight is 339 g/mol. The smallest absolute Gasteiger partial charge is 0.319 e. The van der Waals surface area contributed by atoms with Crippen LogP contribution in [0.4, 0.5) is 10.5 Å². The van der Waals surface area contributed by atoms with Crippen LogP contribution in [0.15, 0.2) is 54.6 Å². The third kappa shape index (κ3) is 5.31. The number of benzene rings is 2. The van der Waals surface area contributed by atoms with Crippen LogP contribution in [0.3, 0.4) is 0 Å². The molecule has 2 N–H and O–H groups in total. The van der Waals surface area contributed by atoms with Crippen LogP contribution >= 0.6 is 0 Å². The number of carbonyl (C=O) groups is 1. The van der Waals surface area contributed by atoms with Crippen molar-refractivity contribution in [1.82, 2.24) is 10.2 Å². The lowest BCUT2D eigenvalue weighted by Gasteiger charge is -2.31. The van der Waals surface area contributed by atoms with Gasteiger partial charge in [-0.3, -0.25) is 4.90 Å². The Hall–Kier alpha value is -2.37. The molecule has 1 heterocycles. The van der Waals surface area contributed by atoms with Crippen LogP contribution in [0.1, 0.15) is 17.2 Å². The topological polar surface area (TPSA) is 53.6 Å². The second kappa shape index (κ2) is 8.65. The zero-order valence-corrected chi connectivity index (χ0v) is 14.6. The molecule has 1 aliphatic rings. The Morgan fingerprint density at radius 1 is 1.08 bits per heavy atom. The van der Waals surface area contributed by atoms with Gasteiger partial charge in [-0.15, -0.1) is 0 Å². The number of urea groups is 1. The molecule has 1 atom stereocenters. The molecule has 0 aromatic heterocycles. The summed E-state index contributed by atoms with van der Waals surface area (Å²) in [5.74, 6) is 0. The van der Waals surface area contributed by atoms with Gasteiger partial charge in [-0.1, -0.05) is 48.0 Å². The molecular formula is C20H25N3O2. The number of nitrogens with zero attached hydrogens (tertiary/aromatic N) is 1. The van der Waals surface area contributed by atoms with Gasteiger partial charge in [0.2, 0.25) is 0 Å². The van der Waals surface area contributed by atoms with Gasteiger partial charge in [-0.2, -0.15) is 0 Å². The summed E-state index contributed by atoms with van der Waals surface area (Å²) >= 11 is 0. The van der Waals surface area contributed by atoms with Crippen molar-refractivity contribution < 1.29 is 9.53 Å². The van der Waals surface area contributed by atoms with E-state index in [4.69, 9.17) is 4.74 Å². The van der Waals surface area contributed by atoms with E-state index in [0.717, 1.165) is 44.1 Å². The number of rotatable bonds is 5. The van der Waals surface area contributed by atoms with Crippen molar-refractivity contribution >= 4 is 11.7 Å². The summed E-state index contributed by atoms with van der Waals surface area (Å²) in [4.78, 5) is 14.8. The lowest BCUT2D eigenvalue weighted by atomic mass is 10.0. The number of anilines is 1. The second-order valence-electron chi connectivity index (χ2n) is 6.34. The molecular weight excluding hydrogens is 314 g/mol. The van der Waals surface area contributed by atoms with E-state index < -0.39 is 0 Å². The first-order valence-electron chi connectivity index (χ1n) is 8.70. The Balaban J connectivity index is 1.68. The van der Waals surface area contributed by atoms with E-state index in [1.54, 1.807) is 0 Å². The van der Waals surface area contributed by atoms with Gasteiger partial charge in [-0.05, 0) is 24.6 Å². The number of ether oxygens (including phenoxy) is 1. The van der Waals surface area contributed by atoms with Crippen LogP contribution in [0.25, 0.3) is 0 Å². The van der Waals surface area contributed by atoms with Crippen LogP contribution in [0, 0.1) is 6.92 Å². The third-order valence-electron chi connectivity index (χ3n) is 4.36. The van der Waals surface area contributed by atoms with Gasteiger partial charge >= 0.3 is 6.03 Å². The van der Waals surface area contributed by atoms with E-state index in [1.807, 2.05) is 30.3 Å². The van der Waals surface area contributed by atoms with E-state index in [9.17, 15) is 4.79 Å². The van der Waals surface area contributed by atoms with E-state index >= 15 is 0 Å². The van der Waals surface area contributed by atoms with Crippen molar-refractivity contribution in [3.05, 3.63) is 65.7 Å². The summed E-state index contributed by atoms with van der Waals surface area (Å²) in [5.41, 5.74) is 3.11. The highest BCUT2D eigenvalue weighted by atomic mass is 16.5. The van der Waals surface area contributed by atoms with Crippen LogP contribution in [-0.2, 0) is 4.74 Å². The average Bonchev–Trinajstić information content (AvgIpc) is 2.63. The number of para-hydroxylation sites is 1. The molecule has 2 aromatic carbocycles. The molecule has 25 heavy (non-hydrogen) atoms. The van der Waals surface area contributed by atoms with Crippen molar-refractivity contribution in [2.24, 2.45) is 0 Å². The minimum atomic E-state index is -0.190.